The maximum absolute atomic E-state index is 14.3. The summed E-state index contributed by atoms with van der Waals surface area (Å²) in [6, 6.07) is 17.8. The Morgan fingerprint density at radius 2 is 1.37 bits per heavy atom. The van der Waals surface area contributed by atoms with Crippen LogP contribution < -0.4 is 36.6 Å². The number of hydrogen-bond acceptors (Lipinski definition) is 18. The Bertz CT molecular complexity index is 3230. The van der Waals surface area contributed by atoms with Gasteiger partial charge < -0.3 is 76.8 Å². The summed E-state index contributed by atoms with van der Waals surface area (Å²) in [5.41, 5.74) is -5.45. The van der Waals surface area contributed by atoms with Crippen molar-refractivity contribution in [1.82, 2.24) is 31.9 Å². The maximum Gasteiger partial charge on any atom is 0.243 e. The summed E-state index contributed by atoms with van der Waals surface area (Å²) in [6.45, 7) is 7.41. The van der Waals surface area contributed by atoms with Crippen LogP contribution in [0.4, 0.5) is 0 Å². The molecule has 1 heterocycles. The van der Waals surface area contributed by atoms with Crippen LogP contribution in [0.1, 0.15) is 127 Å². The molecule has 2 aliphatic carbocycles. The highest BCUT2D eigenvalue weighted by Crippen LogP contribution is 2.53. The monoisotopic (exact) mass is 1190 g/mol. The molecule has 1 fully saturated rings. The lowest BCUT2D eigenvalue weighted by molar-refractivity contribution is -0.249. The number of rotatable bonds is 25. The molecule has 0 bridgehead atoms. The number of methoxy groups -OCH3 is 1. The SMILES string of the molecule is CCC(C)(CC(C)(C)C(=O)NCC(=O)NC(Cc1ccccc1)C(=O)NC(Cc1ccccc1)C(=O)NCC(=O)NC1CC(OC2CC(O)(C(=O)CO)Cc3c(O)c4c(c(O)c32)C(=O)c2c(OC)cccc2C4=O)OC(C)C1O)C(=O)NCC(C)O. The van der Waals surface area contributed by atoms with Gasteiger partial charge in [-0.3, -0.25) is 43.2 Å². The van der Waals surface area contributed by atoms with Gasteiger partial charge in [-0.1, -0.05) is 100 Å². The molecule has 0 saturated carbocycles. The molecule has 10 unspecified atom stereocenters. The first kappa shape index (κ1) is 65.4. The van der Waals surface area contributed by atoms with E-state index in [1.807, 2.05) is 6.92 Å². The summed E-state index contributed by atoms with van der Waals surface area (Å²) in [7, 11) is 1.28. The Balaban J connectivity index is 1.04. The van der Waals surface area contributed by atoms with Crippen molar-refractivity contribution in [3.8, 4) is 17.2 Å². The molecule has 7 rings (SSSR count). The van der Waals surface area contributed by atoms with E-state index in [1.54, 1.807) is 81.4 Å². The number of ketones is 3. The summed E-state index contributed by atoms with van der Waals surface area (Å²) in [5, 5.41) is 82.4. The summed E-state index contributed by atoms with van der Waals surface area (Å²) < 4.78 is 17.6. The van der Waals surface area contributed by atoms with E-state index in [0.29, 0.717) is 17.5 Å². The number of amides is 6. The Morgan fingerprint density at radius 3 is 1.97 bits per heavy atom. The van der Waals surface area contributed by atoms with E-state index in [2.05, 4.69) is 31.9 Å². The number of ether oxygens (including phenoxy) is 3. The first-order chi connectivity index (χ1) is 40.6. The molecule has 10 atom stereocenters. The number of fused-ring (bicyclic) bond motifs is 3. The summed E-state index contributed by atoms with van der Waals surface area (Å²) >= 11 is 0. The molecule has 0 spiro atoms. The van der Waals surface area contributed by atoms with Gasteiger partial charge in [-0.15, -0.1) is 0 Å². The number of aliphatic hydroxyl groups is 4. The molecule has 4 aromatic rings. The van der Waals surface area contributed by atoms with Crippen molar-refractivity contribution in [3.05, 3.63) is 123 Å². The Morgan fingerprint density at radius 1 is 0.767 bits per heavy atom. The number of phenolic OH excluding ortho intramolecular Hbond substituents is 2. The summed E-state index contributed by atoms with van der Waals surface area (Å²) in [6.07, 6.45) is -7.66. The fraction of sp³-hybridized carbons (Fsp3) is 0.468. The van der Waals surface area contributed by atoms with Crippen LogP contribution in [0.25, 0.3) is 0 Å². The molecule has 86 heavy (non-hydrogen) atoms. The lowest BCUT2D eigenvalue weighted by atomic mass is 9.71. The van der Waals surface area contributed by atoms with E-state index in [-0.39, 0.29) is 66.1 Å². The van der Waals surface area contributed by atoms with Gasteiger partial charge in [0, 0.05) is 66.2 Å². The van der Waals surface area contributed by atoms with Gasteiger partial charge in [-0.2, -0.15) is 0 Å². The van der Waals surface area contributed by atoms with Crippen molar-refractivity contribution in [2.24, 2.45) is 10.8 Å². The van der Waals surface area contributed by atoms with Crippen molar-refractivity contribution in [2.45, 2.75) is 141 Å². The zero-order valence-electron chi connectivity index (χ0n) is 49.0. The molecule has 3 aliphatic rings. The first-order valence-corrected chi connectivity index (χ1v) is 28.4. The molecule has 0 radical (unpaired) electrons. The summed E-state index contributed by atoms with van der Waals surface area (Å²) in [4.78, 5) is 124. The number of benzene rings is 4. The Hall–Kier alpha value is -8.13. The molecular formula is C62H76N6O18. The quantitative estimate of drug-likeness (QED) is 0.0365. The second-order valence-electron chi connectivity index (χ2n) is 23.2. The number of hydrogen-bond donors (Lipinski definition) is 12. The first-order valence-electron chi connectivity index (χ1n) is 28.4. The van der Waals surface area contributed by atoms with Crippen LogP contribution in [0.2, 0.25) is 0 Å². The average molecular weight is 1190 g/mol. The second-order valence-corrected chi connectivity index (χ2v) is 23.2. The molecule has 24 nitrogen and oxygen atoms in total. The normalized spacial score (nSPS) is 21.5. The average Bonchev–Trinajstić information content (AvgIpc) is 0.779. The number of carbonyl (C=O) groups excluding carboxylic acids is 9. The van der Waals surface area contributed by atoms with Gasteiger partial charge in [0.15, 0.2) is 17.9 Å². The molecule has 12 N–H and O–H groups in total. The van der Waals surface area contributed by atoms with Crippen LogP contribution in [0, 0.1) is 10.8 Å². The minimum absolute atomic E-state index is 0.00843. The van der Waals surface area contributed by atoms with E-state index in [9.17, 15) is 73.8 Å². The number of carbonyl (C=O) groups is 9. The molecule has 0 aromatic heterocycles. The second kappa shape index (κ2) is 27.5. The predicted octanol–water partition coefficient (Wildman–Crippen LogP) is 1.18. The number of Topliss-reactive ketones (excluding diaryl/α,β-unsaturated/α-hetero) is 1. The minimum atomic E-state index is -2.45. The van der Waals surface area contributed by atoms with Crippen LogP contribution in [0.5, 0.6) is 17.2 Å². The number of aliphatic hydroxyl groups excluding tert-OH is 3. The molecule has 4 aromatic carbocycles. The molecule has 6 amide bonds. The van der Waals surface area contributed by atoms with Gasteiger partial charge in [0.2, 0.25) is 41.2 Å². The van der Waals surface area contributed by atoms with Crippen molar-refractivity contribution in [2.75, 3.05) is 33.4 Å². The zero-order chi connectivity index (χ0) is 63.0. The topological polar surface area (TPSA) is 375 Å². The Kier molecular flexibility index (Phi) is 20.9. The highest BCUT2D eigenvalue weighted by Gasteiger charge is 2.51. The van der Waals surface area contributed by atoms with Crippen molar-refractivity contribution in [1.29, 1.82) is 0 Å². The molecule has 1 saturated heterocycles. The molecular weight excluding hydrogens is 1120 g/mol. The maximum atomic E-state index is 14.3. The van der Waals surface area contributed by atoms with Gasteiger partial charge in [-0.05, 0) is 43.9 Å². The molecule has 462 valence electrons. The van der Waals surface area contributed by atoms with Gasteiger partial charge in [0.1, 0.15) is 47.6 Å². The Labute approximate surface area is 496 Å². The van der Waals surface area contributed by atoms with E-state index in [4.69, 9.17) is 14.2 Å². The minimum Gasteiger partial charge on any atom is -0.507 e. The van der Waals surface area contributed by atoms with Crippen molar-refractivity contribution >= 4 is 52.8 Å². The van der Waals surface area contributed by atoms with Crippen molar-refractivity contribution in [3.63, 3.8) is 0 Å². The van der Waals surface area contributed by atoms with Crippen molar-refractivity contribution < 1.29 is 88.0 Å². The lowest BCUT2D eigenvalue weighted by Crippen LogP contribution is -2.58. The standard InChI is InChI=1S/C62H76N6O18/c1-8-61(6,59(82)64-27-32(2)70)31-60(4,5)58(81)65-29-45(73)67-40(23-35-18-13-10-14-19-35)57(80)68-39(22-34-16-11-9-12-17-34)56(79)63-28-44(72)66-38-24-46(85-33(3)51(38)74)86-42-26-62(83,43(71)30-69)25-37-48(42)55(78)50-49(53(37)76)52(75)36-20-15-21-41(84-7)47(36)54(50)77/h9-21,32-33,38-40,42,46,51,69-70,74,76,78,83H,8,22-31H2,1-7H3,(H,63,79)(H,64,82)(H,65,81)(H,66,72)(H,67,73)(H,68,80). The molecule has 24 heteroatoms. The highest BCUT2D eigenvalue weighted by molar-refractivity contribution is 6.31. The number of aromatic hydroxyl groups is 2. The largest absolute Gasteiger partial charge is 0.507 e. The van der Waals surface area contributed by atoms with Gasteiger partial charge in [0.25, 0.3) is 0 Å². The smallest absolute Gasteiger partial charge is 0.243 e. The third-order valence-electron chi connectivity index (χ3n) is 16.1. The van der Waals surface area contributed by atoms with Gasteiger partial charge in [-0.25, -0.2) is 0 Å². The third-order valence-corrected chi connectivity index (χ3v) is 16.1. The highest BCUT2D eigenvalue weighted by atomic mass is 16.7. The van der Waals surface area contributed by atoms with Crippen LogP contribution in [-0.2, 0) is 62.3 Å². The lowest BCUT2D eigenvalue weighted by Gasteiger charge is -2.43. The number of phenols is 2. The fourth-order valence-electron chi connectivity index (χ4n) is 11.3. The van der Waals surface area contributed by atoms with E-state index in [0.717, 1.165) is 0 Å². The van der Waals surface area contributed by atoms with Crippen LogP contribution in [0.3, 0.4) is 0 Å². The third kappa shape index (κ3) is 14.7. The number of nitrogens with one attached hydrogen (secondary N) is 6. The zero-order valence-corrected chi connectivity index (χ0v) is 49.0. The van der Waals surface area contributed by atoms with Crippen LogP contribution >= 0.6 is 0 Å². The van der Waals surface area contributed by atoms with Crippen LogP contribution in [0.15, 0.2) is 78.9 Å². The fourth-order valence-corrected chi connectivity index (χ4v) is 11.3. The van der Waals surface area contributed by atoms with Gasteiger partial charge in [0.05, 0.1) is 61.2 Å². The van der Waals surface area contributed by atoms with E-state index < -0.39 is 167 Å². The van der Waals surface area contributed by atoms with Crippen LogP contribution in [-0.4, -0.2) is 165 Å². The summed E-state index contributed by atoms with van der Waals surface area (Å²) in [5.74, 6) is -8.50. The molecule has 1 aliphatic heterocycles. The van der Waals surface area contributed by atoms with Gasteiger partial charge >= 0.3 is 0 Å². The predicted molar refractivity (Wildman–Crippen MR) is 307 cm³/mol. The van der Waals surface area contributed by atoms with E-state index in [1.165, 1.54) is 39.2 Å². The van der Waals surface area contributed by atoms with E-state index >= 15 is 0 Å².